The van der Waals surface area contributed by atoms with E-state index in [0.717, 1.165) is 16.5 Å². The van der Waals surface area contributed by atoms with Gasteiger partial charge in [0, 0.05) is 0 Å². The quantitative estimate of drug-likeness (QED) is 0.851. The number of aliphatic hydroxyl groups is 1. The zero-order chi connectivity index (χ0) is 14.5. The molecule has 3 nitrogen and oxygen atoms in total. The van der Waals surface area contributed by atoms with Crippen molar-refractivity contribution in [3.63, 3.8) is 0 Å². The van der Waals surface area contributed by atoms with Gasteiger partial charge in [-0.05, 0) is 52.4 Å². The molecule has 0 spiro atoms. The van der Waals surface area contributed by atoms with Crippen molar-refractivity contribution < 1.29 is 14.6 Å². The molecule has 1 N–H and O–H groups in total. The third kappa shape index (κ3) is 5.41. The van der Waals surface area contributed by atoms with Crippen LogP contribution in [0.5, 0.6) is 11.5 Å². The molecular formula is C15H23BrO3. The Morgan fingerprint density at radius 3 is 2.42 bits per heavy atom. The molecule has 0 saturated heterocycles. The Morgan fingerprint density at radius 2 is 1.89 bits per heavy atom. The maximum Gasteiger partial charge on any atom is 0.175 e. The van der Waals surface area contributed by atoms with Crippen LogP contribution in [0, 0.1) is 5.41 Å². The monoisotopic (exact) mass is 330 g/mol. The molecular weight excluding hydrogens is 308 g/mol. The molecule has 4 heteroatoms. The second kappa shape index (κ2) is 7.15. The molecule has 0 aliphatic carbocycles. The second-order valence-electron chi connectivity index (χ2n) is 5.66. The maximum absolute atomic E-state index is 9.21. The predicted octanol–water partition coefficient (Wildman–Crippen LogP) is 4.16. The molecule has 0 saturated carbocycles. The highest BCUT2D eigenvalue weighted by atomic mass is 79.9. The van der Waals surface area contributed by atoms with E-state index in [2.05, 4.69) is 36.7 Å². The summed E-state index contributed by atoms with van der Waals surface area (Å²) in [5, 5.41) is 9.21. The van der Waals surface area contributed by atoms with Gasteiger partial charge in [-0.2, -0.15) is 0 Å². The highest BCUT2D eigenvalue weighted by molar-refractivity contribution is 9.10. The fourth-order valence-corrected chi connectivity index (χ4v) is 2.18. The van der Waals surface area contributed by atoms with Crippen molar-refractivity contribution in [1.82, 2.24) is 0 Å². The molecule has 0 atom stereocenters. The van der Waals surface area contributed by atoms with Crippen LogP contribution in [0.25, 0.3) is 0 Å². The normalized spacial score (nSPS) is 11.5. The fraction of sp³-hybridized carbons (Fsp3) is 0.600. The topological polar surface area (TPSA) is 38.7 Å². The molecule has 0 heterocycles. The van der Waals surface area contributed by atoms with Crippen molar-refractivity contribution in [3.05, 3.63) is 22.2 Å². The average molecular weight is 331 g/mol. The summed E-state index contributed by atoms with van der Waals surface area (Å²) in [7, 11) is 0. The summed E-state index contributed by atoms with van der Waals surface area (Å²) in [5.41, 5.74) is 1.04. The minimum Gasteiger partial charge on any atom is -0.490 e. The minimum absolute atomic E-state index is 0.0130. The Hall–Kier alpha value is -0.740. The Balaban J connectivity index is 2.85. The molecule has 0 radical (unpaired) electrons. The van der Waals surface area contributed by atoms with E-state index in [1.807, 2.05) is 19.1 Å². The number of ether oxygens (including phenoxy) is 2. The summed E-state index contributed by atoms with van der Waals surface area (Å²) in [6.45, 7) is 9.67. The molecule has 0 aliphatic rings. The lowest BCUT2D eigenvalue weighted by atomic mass is 9.93. The molecule has 108 valence electrons. The van der Waals surface area contributed by atoms with Crippen molar-refractivity contribution in [2.45, 2.75) is 40.7 Å². The first kappa shape index (κ1) is 16.3. The van der Waals surface area contributed by atoms with Crippen LogP contribution in [0.4, 0.5) is 0 Å². The van der Waals surface area contributed by atoms with Gasteiger partial charge in [0.2, 0.25) is 0 Å². The predicted molar refractivity (Wildman–Crippen MR) is 80.8 cm³/mol. The van der Waals surface area contributed by atoms with Gasteiger partial charge in [-0.1, -0.05) is 20.8 Å². The molecule has 19 heavy (non-hydrogen) atoms. The fourth-order valence-electron chi connectivity index (χ4n) is 1.57. The van der Waals surface area contributed by atoms with E-state index in [1.165, 1.54) is 0 Å². The summed E-state index contributed by atoms with van der Waals surface area (Å²) in [4.78, 5) is 0. The third-order valence-electron chi connectivity index (χ3n) is 2.65. The Labute approximate surface area is 124 Å². The van der Waals surface area contributed by atoms with Crippen molar-refractivity contribution in [2.24, 2.45) is 5.41 Å². The van der Waals surface area contributed by atoms with Crippen molar-refractivity contribution in [2.75, 3.05) is 13.2 Å². The van der Waals surface area contributed by atoms with Crippen LogP contribution < -0.4 is 9.47 Å². The number of aliphatic hydroxyl groups excluding tert-OH is 1. The SMILES string of the molecule is CCOc1cc(CO)cc(Br)c1OCCC(C)(C)C. The van der Waals surface area contributed by atoms with Gasteiger partial charge < -0.3 is 14.6 Å². The first-order valence-corrected chi connectivity index (χ1v) is 7.35. The van der Waals surface area contributed by atoms with Crippen LogP contribution >= 0.6 is 15.9 Å². The zero-order valence-electron chi connectivity index (χ0n) is 12.1. The van der Waals surface area contributed by atoms with Gasteiger partial charge in [0.05, 0.1) is 24.3 Å². The lowest BCUT2D eigenvalue weighted by molar-refractivity contribution is 0.227. The highest BCUT2D eigenvalue weighted by Gasteiger charge is 2.14. The van der Waals surface area contributed by atoms with Crippen molar-refractivity contribution >= 4 is 15.9 Å². The first-order chi connectivity index (χ1) is 8.87. The van der Waals surface area contributed by atoms with Crippen LogP contribution in [0.15, 0.2) is 16.6 Å². The van der Waals surface area contributed by atoms with Crippen LogP contribution in [0.1, 0.15) is 39.7 Å². The first-order valence-electron chi connectivity index (χ1n) is 6.56. The summed E-state index contributed by atoms with van der Waals surface area (Å²) in [5.74, 6) is 1.39. The molecule has 1 aromatic carbocycles. The van der Waals surface area contributed by atoms with E-state index < -0.39 is 0 Å². The summed E-state index contributed by atoms with van der Waals surface area (Å²) >= 11 is 3.47. The van der Waals surface area contributed by atoms with Crippen LogP contribution in [0.2, 0.25) is 0 Å². The van der Waals surface area contributed by atoms with Gasteiger partial charge >= 0.3 is 0 Å². The van der Waals surface area contributed by atoms with Gasteiger partial charge in [-0.3, -0.25) is 0 Å². The smallest absolute Gasteiger partial charge is 0.175 e. The zero-order valence-corrected chi connectivity index (χ0v) is 13.7. The summed E-state index contributed by atoms with van der Waals surface area (Å²) < 4.78 is 12.2. The number of rotatable bonds is 6. The Kier molecular flexibility index (Phi) is 6.14. The van der Waals surface area contributed by atoms with Gasteiger partial charge in [-0.15, -0.1) is 0 Å². The molecule has 1 rings (SSSR count). The largest absolute Gasteiger partial charge is 0.490 e. The standard InChI is InChI=1S/C15H23BrO3/c1-5-18-13-9-11(10-17)8-12(16)14(13)19-7-6-15(2,3)4/h8-9,17H,5-7,10H2,1-4H3. The average Bonchev–Trinajstić information content (AvgIpc) is 2.31. The molecule has 0 unspecified atom stereocenters. The van der Waals surface area contributed by atoms with E-state index in [-0.39, 0.29) is 12.0 Å². The molecule has 1 aromatic rings. The Morgan fingerprint density at radius 1 is 1.21 bits per heavy atom. The molecule has 0 amide bonds. The summed E-state index contributed by atoms with van der Waals surface area (Å²) in [6.07, 6.45) is 0.965. The van der Waals surface area contributed by atoms with Gasteiger partial charge in [0.15, 0.2) is 11.5 Å². The number of hydrogen-bond donors (Lipinski definition) is 1. The highest BCUT2D eigenvalue weighted by Crippen LogP contribution is 2.37. The number of hydrogen-bond acceptors (Lipinski definition) is 3. The van der Waals surface area contributed by atoms with E-state index in [9.17, 15) is 5.11 Å². The number of halogens is 1. The molecule has 0 fully saturated rings. The van der Waals surface area contributed by atoms with E-state index >= 15 is 0 Å². The van der Waals surface area contributed by atoms with Gasteiger partial charge in [0.1, 0.15) is 0 Å². The molecule has 0 aliphatic heterocycles. The van der Waals surface area contributed by atoms with E-state index in [1.54, 1.807) is 0 Å². The van der Waals surface area contributed by atoms with Crippen LogP contribution in [-0.4, -0.2) is 18.3 Å². The third-order valence-corrected chi connectivity index (χ3v) is 3.24. The van der Waals surface area contributed by atoms with Gasteiger partial charge in [0.25, 0.3) is 0 Å². The molecule has 0 bridgehead atoms. The lowest BCUT2D eigenvalue weighted by Crippen LogP contribution is -2.12. The Bertz CT molecular complexity index is 411. The van der Waals surface area contributed by atoms with Crippen molar-refractivity contribution in [1.29, 1.82) is 0 Å². The lowest BCUT2D eigenvalue weighted by Gasteiger charge is -2.20. The second-order valence-corrected chi connectivity index (χ2v) is 6.51. The van der Waals surface area contributed by atoms with E-state index in [4.69, 9.17) is 9.47 Å². The van der Waals surface area contributed by atoms with E-state index in [0.29, 0.717) is 24.7 Å². The summed E-state index contributed by atoms with van der Waals surface area (Å²) in [6, 6.07) is 3.68. The van der Waals surface area contributed by atoms with Gasteiger partial charge in [-0.25, -0.2) is 0 Å². The van der Waals surface area contributed by atoms with Crippen LogP contribution in [-0.2, 0) is 6.61 Å². The number of benzene rings is 1. The van der Waals surface area contributed by atoms with Crippen molar-refractivity contribution in [3.8, 4) is 11.5 Å². The van der Waals surface area contributed by atoms with Crippen LogP contribution in [0.3, 0.4) is 0 Å². The molecule has 0 aromatic heterocycles. The maximum atomic E-state index is 9.21. The minimum atomic E-state index is -0.0130.